The molecule has 0 N–H and O–H groups in total. The Labute approximate surface area is 158 Å². The van der Waals surface area contributed by atoms with Gasteiger partial charge < -0.3 is 0 Å². The summed E-state index contributed by atoms with van der Waals surface area (Å²) in [5.41, 5.74) is 6.59. The van der Waals surface area contributed by atoms with Crippen molar-refractivity contribution in [3.63, 3.8) is 0 Å². The molecule has 0 fully saturated rings. The number of nitrogens with zero attached hydrogens (tertiary/aromatic N) is 1. The summed E-state index contributed by atoms with van der Waals surface area (Å²) in [6.45, 7) is 2.32. The second-order valence-corrected chi connectivity index (χ2v) is 7.74. The molecular weight excluding hydrogens is 353 g/mol. The van der Waals surface area contributed by atoms with Gasteiger partial charge in [-0.3, -0.25) is 9.69 Å². The van der Waals surface area contributed by atoms with E-state index in [2.05, 4.69) is 17.0 Å². The van der Waals surface area contributed by atoms with Gasteiger partial charge in [0.1, 0.15) is 0 Å². The molecule has 1 heterocycles. The average molecular weight is 372 g/mol. The predicted molar refractivity (Wildman–Crippen MR) is 103 cm³/mol. The third kappa shape index (κ3) is 3.67. The van der Waals surface area contributed by atoms with E-state index in [0.29, 0.717) is 18.0 Å². The maximum atomic E-state index is 12.4. The standard InChI is InChI=1S/C21H19Cl2NO/c22-17-4-1-14(2-5-17)9-19(25)13-24-8-7-20-16(12-24)10-15-3-6-18(23)11-21(15)20/h1-6,11H,7-10,12-13H2. The summed E-state index contributed by atoms with van der Waals surface area (Å²) in [5.74, 6) is 0.255. The molecule has 0 aromatic heterocycles. The van der Waals surface area contributed by atoms with E-state index in [4.69, 9.17) is 23.2 Å². The number of fused-ring (bicyclic) bond motifs is 2. The molecule has 2 nitrogen and oxygen atoms in total. The predicted octanol–water partition coefficient (Wildman–Crippen LogP) is 4.82. The van der Waals surface area contributed by atoms with Gasteiger partial charge >= 0.3 is 0 Å². The fraction of sp³-hybridized carbons (Fsp3) is 0.286. The van der Waals surface area contributed by atoms with Crippen LogP contribution in [0.2, 0.25) is 10.0 Å². The van der Waals surface area contributed by atoms with Crippen LogP contribution in [0, 0.1) is 0 Å². The molecule has 2 aromatic carbocycles. The van der Waals surface area contributed by atoms with Gasteiger partial charge in [0.15, 0.2) is 5.78 Å². The molecule has 0 atom stereocenters. The second-order valence-electron chi connectivity index (χ2n) is 6.86. The van der Waals surface area contributed by atoms with Gasteiger partial charge in [0.05, 0.1) is 6.54 Å². The highest BCUT2D eigenvalue weighted by atomic mass is 35.5. The fourth-order valence-corrected chi connectivity index (χ4v) is 4.16. The number of benzene rings is 2. The Hall–Kier alpha value is -1.61. The minimum atomic E-state index is 0.255. The van der Waals surface area contributed by atoms with Crippen molar-refractivity contribution in [3.05, 3.63) is 74.8 Å². The molecule has 0 saturated heterocycles. The van der Waals surface area contributed by atoms with E-state index in [1.165, 1.54) is 22.3 Å². The first kappa shape index (κ1) is 16.8. The molecule has 25 heavy (non-hydrogen) atoms. The normalized spacial score (nSPS) is 16.7. The Kier molecular flexibility index (Phi) is 4.68. The van der Waals surface area contributed by atoms with Crippen molar-refractivity contribution in [2.45, 2.75) is 19.3 Å². The number of Topliss-reactive ketones (excluding diaryl/α,β-unsaturated/α-hetero) is 1. The Balaban J connectivity index is 1.39. The number of hydrogen-bond donors (Lipinski definition) is 0. The summed E-state index contributed by atoms with van der Waals surface area (Å²) in [5, 5.41) is 1.50. The van der Waals surface area contributed by atoms with Crippen LogP contribution in [-0.2, 0) is 17.6 Å². The number of hydrogen-bond acceptors (Lipinski definition) is 2. The van der Waals surface area contributed by atoms with Crippen molar-refractivity contribution in [1.82, 2.24) is 4.90 Å². The van der Waals surface area contributed by atoms with Gasteiger partial charge in [0, 0.05) is 29.6 Å². The number of halogens is 2. The molecule has 0 spiro atoms. The summed E-state index contributed by atoms with van der Waals surface area (Å²) >= 11 is 12.0. The Morgan fingerprint density at radius 2 is 1.80 bits per heavy atom. The van der Waals surface area contributed by atoms with Crippen molar-refractivity contribution in [1.29, 1.82) is 0 Å². The number of rotatable bonds is 4. The molecule has 4 rings (SSSR count). The number of carbonyl (C=O) groups is 1. The first-order valence-corrected chi connectivity index (χ1v) is 9.32. The summed E-state index contributed by atoms with van der Waals surface area (Å²) in [4.78, 5) is 14.7. The van der Waals surface area contributed by atoms with Crippen LogP contribution in [0.4, 0.5) is 0 Å². The van der Waals surface area contributed by atoms with Crippen molar-refractivity contribution in [3.8, 4) is 0 Å². The van der Waals surface area contributed by atoms with Crippen LogP contribution >= 0.6 is 23.2 Å². The van der Waals surface area contributed by atoms with Crippen molar-refractivity contribution >= 4 is 34.6 Å². The monoisotopic (exact) mass is 371 g/mol. The molecule has 0 radical (unpaired) electrons. The lowest BCUT2D eigenvalue weighted by molar-refractivity contribution is -0.119. The SMILES string of the molecule is O=C(Cc1ccc(Cl)cc1)CN1CCC2=C(Cc3ccc(Cl)cc32)C1. The minimum absolute atomic E-state index is 0.255. The molecule has 1 aliphatic heterocycles. The zero-order chi connectivity index (χ0) is 17.4. The van der Waals surface area contributed by atoms with Crippen LogP contribution in [0.1, 0.15) is 23.1 Å². The van der Waals surface area contributed by atoms with Crippen LogP contribution < -0.4 is 0 Å². The molecule has 0 bridgehead atoms. The van der Waals surface area contributed by atoms with E-state index in [9.17, 15) is 4.79 Å². The maximum absolute atomic E-state index is 12.4. The quantitative estimate of drug-likeness (QED) is 0.767. The zero-order valence-corrected chi connectivity index (χ0v) is 15.4. The van der Waals surface area contributed by atoms with E-state index in [0.717, 1.165) is 36.5 Å². The van der Waals surface area contributed by atoms with Gasteiger partial charge in [0.2, 0.25) is 0 Å². The molecule has 4 heteroatoms. The lowest BCUT2D eigenvalue weighted by Gasteiger charge is -2.28. The van der Waals surface area contributed by atoms with Crippen LogP contribution in [0.3, 0.4) is 0 Å². The van der Waals surface area contributed by atoms with E-state index in [1.807, 2.05) is 30.3 Å². The van der Waals surface area contributed by atoms with Crippen molar-refractivity contribution in [2.75, 3.05) is 19.6 Å². The maximum Gasteiger partial charge on any atom is 0.151 e. The summed E-state index contributed by atoms with van der Waals surface area (Å²) in [6.07, 6.45) is 2.45. The first-order chi connectivity index (χ1) is 12.1. The van der Waals surface area contributed by atoms with Crippen LogP contribution in [0.15, 0.2) is 48.0 Å². The smallest absolute Gasteiger partial charge is 0.151 e. The molecule has 128 valence electrons. The van der Waals surface area contributed by atoms with E-state index in [1.54, 1.807) is 0 Å². The lowest BCUT2D eigenvalue weighted by Crippen LogP contribution is -2.35. The van der Waals surface area contributed by atoms with E-state index >= 15 is 0 Å². The highest BCUT2D eigenvalue weighted by Crippen LogP contribution is 2.39. The van der Waals surface area contributed by atoms with Gasteiger partial charge in [0.25, 0.3) is 0 Å². The van der Waals surface area contributed by atoms with Gasteiger partial charge in [-0.25, -0.2) is 0 Å². The van der Waals surface area contributed by atoms with E-state index in [-0.39, 0.29) is 5.78 Å². The highest BCUT2D eigenvalue weighted by Gasteiger charge is 2.27. The average Bonchev–Trinajstić information content (AvgIpc) is 2.94. The zero-order valence-electron chi connectivity index (χ0n) is 13.9. The Morgan fingerprint density at radius 1 is 1.04 bits per heavy atom. The van der Waals surface area contributed by atoms with Crippen LogP contribution in [0.5, 0.6) is 0 Å². The largest absolute Gasteiger partial charge is 0.298 e. The highest BCUT2D eigenvalue weighted by molar-refractivity contribution is 6.31. The summed E-state index contributed by atoms with van der Waals surface area (Å²) in [6, 6.07) is 13.7. The molecular formula is C21H19Cl2NO. The Morgan fingerprint density at radius 3 is 2.60 bits per heavy atom. The molecule has 2 aliphatic rings. The third-order valence-corrected chi connectivity index (χ3v) is 5.52. The number of carbonyl (C=O) groups excluding carboxylic acids is 1. The van der Waals surface area contributed by atoms with Gasteiger partial charge in [-0.15, -0.1) is 0 Å². The van der Waals surface area contributed by atoms with E-state index < -0.39 is 0 Å². The van der Waals surface area contributed by atoms with Crippen LogP contribution in [0.25, 0.3) is 5.57 Å². The van der Waals surface area contributed by atoms with Gasteiger partial charge in [-0.1, -0.05) is 41.4 Å². The lowest BCUT2D eigenvalue weighted by atomic mass is 9.98. The van der Waals surface area contributed by atoms with Crippen LogP contribution in [-0.4, -0.2) is 30.3 Å². The first-order valence-electron chi connectivity index (χ1n) is 8.57. The molecule has 2 aromatic rings. The fourth-order valence-electron chi connectivity index (χ4n) is 3.86. The summed E-state index contributed by atoms with van der Waals surface area (Å²) < 4.78 is 0. The van der Waals surface area contributed by atoms with Gasteiger partial charge in [-0.2, -0.15) is 0 Å². The molecule has 0 saturated carbocycles. The molecule has 0 amide bonds. The molecule has 1 aliphatic carbocycles. The molecule has 0 unspecified atom stereocenters. The topological polar surface area (TPSA) is 20.3 Å². The second kappa shape index (κ2) is 6.95. The third-order valence-electron chi connectivity index (χ3n) is 5.03. The minimum Gasteiger partial charge on any atom is -0.298 e. The number of ketones is 1. The Bertz CT molecular complexity index is 855. The van der Waals surface area contributed by atoms with Crippen molar-refractivity contribution in [2.24, 2.45) is 0 Å². The van der Waals surface area contributed by atoms with Crippen molar-refractivity contribution < 1.29 is 4.79 Å². The summed E-state index contributed by atoms with van der Waals surface area (Å²) in [7, 11) is 0. The van der Waals surface area contributed by atoms with Gasteiger partial charge in [-0.05, 0) is 64.9 Å².